The van der Waals surface area contributed by atoms with Crippen LogP contribution in [0.2, 0.25) is 5.02 Å². The summed E-state index contributed by atoms with van der Waals surface area (Å²) in [6, 6.07) is 14.7. The van der Waals surface area contributed by atoms with E-state index in [1.54, 1.807) is 12.1 Å². The molecule has 0 saturated carbocycles. The third-order valence-corrected chi connectivity index (χ3v) is 4.33. The molecule has 0 aliphatic heterocycles. The smallest absolute Gasteiger partial charge is 0.274 e. The molecule has 1 heterocycles. The van der Waals surface area contributed by atoms with E-state index in [-0.39, 0.29) is 18.7 Å². The molecule has 1 N–H and O–H groups in total. The molecule has 0 amide bonds. The summed E-state index contributed by atoms with van der Waals surface area (Å²) in [6.07, 6.45) is -0.840. The van der Waals surface area contributed by atoms with E-state index >= 15 is 0 Å². The molecular formula is C19H19ClN2O3. The van der Waals surface area contributed by atoms with Gasteiger partial charge in [-0.1, -0.05) is 48.0 Å². The molecule has 0 saturated heterocycles. The standard InChI is InChI=1S/C19H19ClN2O3/c1-13-16-7-3-4-8-17(16)19(24)22(21-13)10-15(23)12-25-11-14-6-2-5-9-18(14)20/h2-9,15,23H,10-12H2,1H3/t15-/m1/s1. The van der Waals surface area contributed by atoms with Gasteiger partial charge in [-0.25, -0.2) is 4.68 Å². The molecule has 0 radical (unpaired) electrons. The largest absolute Gasteiger partial charge is 0.389 e. The quantitative estimate of drug-likeness (QED) is 0.735. The molecule has 0 unspecified atom stereocenters. The molecule has 0 aliphatic carbocycles. The molecule has 5 nitrogen and oxygen atoms in total. The van der Waals surface area contributed by atoms with Crippen LogP contribution in [0.15, 0.2) is 53.3 Å². The van der Waals surface area contributed by atoms with Crippen LogP contribution in [0.1, 0.15) is 11.3 Å². The van der Waals surface area contributed by atoms with Crippen molar-refractivity contribution in [2.24, 2.45) is 0 Å². The number of aliphatic hydroxyl groups is 1. The molecule has 0 aliphatic rings. The van der Waals surface area contributed by atoms with E-state index in [1.807, 2.05) is 43.3 Å². The number of nitrogens with zero attached hydrogens (tertiary/aromatic N) is 2. The van der Waals surface area contributed by atoms with Gasteiger partial charge in [-0.3, -0.25) is 4.79 Å². The van der Waals surface area contributed by atoms with Gasteiger partial charge in [-0.2, -0.15) is 5.10 Å². The Labute approximate surface area is 150 Å². The number of hydrogen-bond donors (Lipinski definition) is 1. The van der Waals surface area contributed by atoms with Gasteiger partial charge < -0.3 is 9.84 Å². The summed E-state index contributed by atoms with van der Waals surface area (Å²) in [7, 11) is 0. The van der Waals surface area contributed by atoms with Crippen LogP contribution in [-0.4, -0.2) is 27.6 Å². The van der Waals surface area contributed by atoms with Gasteiger partial charge in [0.1, 0.15) is 0 Å². The van der Waals surface area contributed by atoms with Gasteiger partial charge in [-0.05, 0) is 24.6 Å². The lowest BCUT2D eigenvalue weighted by molar-refractivity contribution is 0.0181. The number of ether oxygens (including phenoxy) is 1. The number of aromatic nitrogens is 2. The maximum atomic E-state index is 12.5. The fourth-order valence-corrected chi connectivity index (χ4v) is 2.89. The number of halogens is 1. The van der Waals surface area contributed by atoms with Crippen LogP contribution in [0.3, 0.4) is 0 Å². The van der Waals surface area contributed by atoms with Crippen molar-refractivity contribution in [3.8, 4) is 0 Å². The maximum absolute atomic E-state index is 12.5. The van der Waals surface area contributed by atoms with Crippen LogP contribution in [0.25, 0.3) is 10.8 Å². The van der Waals surface area contributed by atoms with E-state index in [0.717, 1.165) is 16.6 Å². The molecule has 130 valence electrons. The molecule has 3 aromatic rings. The van der Waals surface area contributed by atoms with Crippen LogP contribution in [0.5, 0.6) is 0 Å². The Morgan fingerprint density at radius 1 is 1.16 bits per heavy atom. The molecular weight excluding hydrogens is 340 g/mol. The molecule has 3 rings (SSSR count). The summed E-state index contributed by atoms with van der Waals surface area (Å²) in [5.41, 5.74) is 1.39. The zero-order chi connectivity index (χ0) is 17.8. The fraction of sp³-hybridized carbons (Fsp3) is 0.263. The molecule has 1 aromatic heterocycles. The van der Waals surface area contributed by atoms with Crippen LogP contribution in [0, 0.1) is 6.92 Å². The van der Waals surface area contributed by atoms with Crippen LogP contribution in [-0.2, 0) is 17.9 Å². The van der Waals surface area contributed by atoms with Gasteiger partial charge in [-0.15, -0.1) is 0 Å². The van der Waals surface area contributed by atoms with E-state index in [1.165, 1.54) is 4.68 Å². The first kappa shape index (κ1) is 17.6. The minimum absolute atomic E-state index is 0.0764. The van der Waals surface area contributed by atoms with Gasteiger partial charge in [0.25, 0.3) is 5.56 Å². The Morgan fingerprint density at radius 2 is 1.84 bits per heavy atom. The fourth-order valence-electron chi connectivity index (χ4n) is 2.70. The maximum Gasteiger partial charge on any atom is 0.274 e. The molecule has 1 atom stereocenters. The van der Waals surface area contributed by atoms with Crippen molar-refractivity contribution in [1.82, 2.24) is 9.78 Å². The predicted octanol–water partition coefficient (Wildman–Crippen LogP) is 2.94. The van der Waals surface area contributed by atoms with Crippen LogP contribution in [0.4, 0.5) is 0 Å². The number of hydrogen-bond acceptors (Lipinski definition) is 4. The molecule has 0 bridgehead atoms. The second kappa shape index (κ2) is 7.78. The van der Waals surface area contributed by atoms with Crippen molar-refractivity contribution in [2.75, 3.05) is 6.61 Å². The lowest BCUT2D eigenvalue weighted by Crippen LogP contribution is -2.31. The number of aryl methyl sites for hydroxylation is 1. The van der Waals surface area contributed by atoms with E-state index < -0.39 is 6.10 Å². The summed E-state index contributed by atoms with van der Waals surface area (Å²) in [4.78, 5) is 12.5. The van der Waals surface area contributed by atoms with Gasteiger partial charge >= 0.3 is 0 Å². The minimum Gasteiger partial charge on any atom is -0.389 e. The lowest BCUT2D eigenvalue weighted by atomic mass is 10.1. The van der Waals surface area contributed by atoms with Gasteiger partial charge in [0.2, 0.25) is 0 Å². The number of fused-ring (bicyclic) bond motifs is 1. The van der Waals surface area contributed by atoms with E-state index in [0.29, 0.717) is 17.0 Å². The molecule has 0 spiro atoms. The zero-order valence-corrected chi connectivity index (χ0v) is 14.6. The second-order valence-electron chi connectivity index (χ2n) is 5.88. The third kappa shape index (κ3) is 4.07. The van der Waals surface area contributed by atoms with Gasteiger partial charge in [0, 0.05) is 10.4 Å². The SMILES string of the molecule is Cc1nn(C[C@@H](O)COCc2ccccc2Cl)c(=O)c2ccccc12. The lowest BCUT2D eigenvalue weighted by Gasteiger charge is -2.14. The molecule has 2 aromatic carbocycles. The second-order valence-corrected chi connectivity index (χ2v) is 6.29. The topological polar surface area (TPSA) is 64.3 Å². The zero-order valence-electron chi connectivity index (χ0n) is 13.9. The summed E-state index contributed by atoms with van der Waals surface area (Å²) in [5, 5.41) is 16.5. The summed E-state index contributed by atoms with van der Waals surface area (Å²) >= 11 is 6.07. The first-order valence-electron chi connectivity index (χ1n) is 8.02. The highest BCUT2D eigenvalue weighted by Crippen LogP contribution is 2.16. The van der Waals surface area contributed by atoms with Crippen molar-refractivity contribution in [3.63, 3.8) is 0 Å². The first-order valence-corrected chi connectivity index (χ1v) is 8.39. The van der Waals surface area contributed by atoms with E-state index in [4.69, 9.17) is 16.3 Å². The minimum atomic E-state index is -0.840. The van der Waals surface area contributed by atoms with Crippen molar-refractivity contribution >= 4 is 22.4 Å². The summed E-state index contributed by atoms with van der Waals surface area (Å²) in [5.74, 6) is 0. The van der Waals surface area contributed by atoms with Gasteiger partial charge in [0.15, 0.2) is 0 Å². The highest BCUT2D eigenvalue weighted by molar-refractivity contribution is 6.31. The van der Waals surface area contributed by atoms with Crippen LogP contribution < -0.4 is 5.56 Å². The average molecular weight is 359 g/mol. The Kier molecular flexibility index (Phi) is 5.48. The van der Waals surface area contributed by atoms with E-state index in [9.17, 15) is 9.90 Å². The highest BCUT2D eigenvalue weighted by Gasteiger charge is 2.12. The summed E-state index contributed by atoms with van der Waals surface area (Å²) < 4.78 is 6.81. The van der Waals surface area contributed by atoms with Gasteiger partial charge in [0.05, 0.1) is 36.9 Å². The number of benzene rings is 2. The van der Waals surface area contributed by atoms with Crippen molar-refractivity contribution in [2.45, 2.75) is 26.2 Å². The summed E-state index contributed by atoms with van der Waals surface area (Å²) in [6.45, 7) is 2.31. The Balaban J connectivity index is 1.66. The van der Waals surface area contributed by atoms with Crippen LogP contribution >= 0.6 is 11.6 Å². The molecule has 0 fully saturated rings. The third-order valence-electron chi connectivity index (χ3n) is 3.96. The predicted molar refractivity (Wildman–Crippen MR) is 97.9 cm³/mol. The Morgan fingerprint density at radius 3 is 2.60 bits per heavy atom. The average Bonchev–Trinajstić information content (AvgIpc) is 2.61. The van der Waals surface area contributed by atoms with Crippen molar-refractivity contribution in [3.05, 3.63) is 75.2 Å². The molecule has 25 heavy (non-hydrogen) atoms. The Hall–Kier alpha value is -2.21. The number of rotatable bonds is 6. The Bertz CT molecular complexity index is 939. The van der Waals surface area contributed by atoms with Crippen molar-refractivity contribution in [1.29, 1.82) is 0 Å². The van der Waals surface area contributed by atoms with Crippen molar-refractivity contribution < 1.29 is 9.84 Å². The number of aliphatic hydroxyl groups excluding tert-OH is 1. The van der Waals surface area contributed by atoms with E-state index in [2.05, 4.69) is 5.10 Å². The monoisotopic (exact) mass is 358 g/mol. The highest BCUT2D eigenvalue weighted by atomic mass is 35.5. The normalized spacial score (nSPS) is 12.4. The first-order chi connectivity index (χ1) is 12.1. The molecule has 6 heteroatoms.